The van der Waals surface area contributed by atoms with Crippen LogP contribution in [0.2, 0.25) is 0 Å². The number of carbonyl (C=O) groups is 4. The normalized spacial score (nSPS) is 18.0. The second-order valence-electron chi connectivity index (χ2n) is 8.15. The van der Waals surface area contributed by atoms with Gasteiger partial charge in [-0.05, 0) is 37.6 Å². The molecule has 1 heterocycles. The first-order chi connectivity index (χ1) is 17.8. The molecule has 2 aliphatic rings. The van der Waals surface area contributed by atoms with Gasteiger partial charge >= 0.3 is 11.9 Å². The maximum Gasteiger partial charge on any atom is 0.344 e. The fourth-order valence-corrected chi connectivity index (χ4v) is 3.91. The van der Waals surface area contributed by atoms with E-state index in [9.17, 15) is 19.2 Å². The molecule has 0 bridgehead atoms. The van der Waals surface area contributed by atoms with E-state index in [1.165, 1.54) is 24.3 Å². The molecule has 0 spiro atoms. The van der Waals surface area contributed by atoms with Gasteiger partial charge in [0.15, 0.2) is 36.3 Å². The number of ketones is 2. The minimum atomic E-state index is -0.871. The third-order valence-corrected chi connectivity index (χ3v) is 5.63. The van der Waals surface area contributed by atoms with Crippen molar-refractivity contribution in [2.75, 3.05) is 39.5 Å². The lowest BCUT2D eigenvalue weighted by Gasteiger charge is -2.23. The highest BCUT2D eigenvalue weighted by atomic mass is 16.6. The fourth-order valence-electron chi connectivity index (χ4n) is 3.91. The molecule has 1 aromatic rings. The topological polar surface area (TPSA) is 165 Å². The van der Waals surface area contributed by atoms with Gasteiger partial charge in [-0.25, -0.2) is 9.59 Å². The second kappa shape index (κ2) is 12.7. The number of rotatable bonds is 12. The third kappa shape index (κ3) is 6.94. The Balaban J connectivity index is 1.70. The van der Waals surface area contributed by atoms with Gasteiger partial charge in [-0.1, -0.05) is 12.2 Å². The molecule has 0 amide bonds. The molecule has 0 fully saturated rings. The number of esters is 2. The van der Waals surface area contributed by atoms with Gasteiger partial charge in [0.05, 0.1) is 31.6 Å². The molecule has 0 saturated heterocycles. The molecule has 37 heavy (non-hydrogen) atoms. The maximum absolute atomic E-state index is 13.0. The minimum Gasteiger partial charge on any atom is -0.478 e. The van der Waals surface area contributed by atoms with Crippen LogP contribution < -0.4 is 15.0 Å². The van der Waals surface area contributed by atoms with Gasteiger partial charge in [0, 0.05) is 18.3 Å². The molecule has 3 N–H and O–H groups in total. The lowest BCUT2D eigenvalue weighted by molar-refractivity contribution is -0.146. The van der Waals surface area contributed by atoms with Crippen molar-refractivity contribution in [1.29, 1.82) is 5.41 Å². The number of nitrogens with zero attached hydrogens (tertiary/aromatic N) is 1. The first-order valence-electron chi connectivity index (χ1n) is 11.7. The quantitative estimate of drug-likeness (QED) is 0.121. The number of fused-ring (bicyclic) bond motifs is 1. The zero-order valence-electron chi connectivity index (χ0n) is 20.5. The van der Waals surface area contributed by atoms with Crippen molar-refractivity contribution in [3.05, 3.63) is 47.7 Å². The Morgan fingerprint density at radius 2 is 1.73 bits per heavy atom. The molecule has 1 aliphatic carbocycles. The molecule has 2 atom stereocenters. The van der Waals surface area contributed by atoms with Crippen molar-refractivity contribution in [3.63, 3.8) is 0 Å². The zero-order valence-corrected chi connectivity index (χ0v) is 20.5. The summed E-state index contributed by atoms with van der Waals surface area (Å²) in [6.07, 6.45) is 4.96. The number of ether oxygens (including phenoxy) is 4. The van der Waals surface area contributed by atoms with Gasteiger partial charge in [-0.3, -0.25) is 25.7 Å². The Morgan fingerprint density at radius 3 is 2.35 bits per heavy atom. The summed E-state index contributed by atoms with van der Waals surface area (Å²) >= 11 is 0. The predicted octanol–water partition coefficient (Wildman–Crippen LogP) is 1.28. The molecule has 198 valence electrons. The van der Waals surface area contributed by atoms with E-state index in [2.05, 4.69) is 0 Å². The van der Waals surface area contributed by atoms with Gasteiger partial charge in [0.1, 0.15) is 5.84 Å². The average molecular weight is 516 g/mol. The molecule has 0 radical (unpaired) electrons. The van der Waals surface area contributed by atoms with Crippen LogP contribution in [0.1, 0.15) is 24.2 Å². The molecule has 0 saturated carbocycles. The van der Waals surface area contributed by atoms with Crippen LogP contribution in [0.15, 0.2) is 42.1 Å². The number of amidine groups is 1. The Bertz CT molecular complexity index is 1130. The number of hydroxylamine groups is 1. The number of Topliss-reactive ketones (excluding diaryl/α,β-unsaturated/α-hetero) is 2. The Kier molecular flexibility index (Phi) is 9.39. The first-order valence-corrected chi connectivity index (χ1v) is 11.7. The van der Waals surface area contributed by atoms with E-state index >= 15 is 0 Å². The molecule has 12 heteroatoms. The van der Waals surface area contributed by atoms with Crippen molar-refractivity contribution in [1.82, 2.24) is 10.4 Å². The van der Waals surface area contributed by atoms with Crippen LogP contribution in [0, 0.1) is 17.2 Å². The van der Waals surface area contributed by atoms with Crippen molar-refractivity contribution in [2.24, 2.45) is 11.8 Å². The molecule has 2 unspecified atom stereocenters. The van der Waals surface area contributed by atoms with E-state index in [0.29, 0.717) is 0 Å². The van der Waals surface area contributed by atoms with Crippen LogP contribution in [0.5, 0.6) is 11.5 Å². The summed E-state index contributed by atoms with van der Waals surface area (Å²) in [5.41, 5.74) is 2.70. The van der Waals surface area contributed by atoms with E-state index in [1.807, 2.05) is 0 Å². The van der Waals surface area contributed by atoms with E-state index in [4.69, 9.17) is 29.6 Å². The average Bonchev–Trinajstić information content (AvgIpc) is 3.30. The number of hydrogen-bond donors (Lipinski definition) is 3. The molecule has 1 aliphatic heterocycles. The van der Waals surface area contributed by atoms with Crippen LogP contribution in [-0.4, -0.2) is 79.0 Å². The van der Waals surface area contributed by atoms with Crippen molar-refractivity contribution < 1.29 is 43.3 Å². The maximum atomic E-state index is 13.0. The summed E-state index contributed by atoms with van der Waals surface area (Å²) in [6, 6.07) is 4.37. The summed E-state index contributed by atoms with van der Waals surface area (Å²) in [4.78, 5) is 50.9. The van der Waals surface area contributed by atoms with E-state index in [0.717, 1.165) is 5.57 Å². The number of benzene rings is 1. The summed E-state index contributed by atoms with van der Waals surface area (Å²) in [7, 11) is 0. The fraction of sp³-hybridized carbons (Fsp3) is 0.400. The highest BCUT2D eigenvalue weighted by molar-refractivity contribution is 6.07. The van der Waals surface area contributed by atoms with Gasteiger partial charge < -0.3 is 23.8 Å². The molecule has 0 aromatic heterocycles. The van der Waals surface area contributed by atoms with Crippen LogP contribution in [0.3, 0.4) is 0 Å². The van der Waals surface area contributed by atoms with E-state index in [-0.39, 0.29) is 67.4 Å². The van der Waals surface area contributed by atoms with Crippen LogP contribution >= 0.6 is 0 Å². The van der Waals surface area contributed by atoms with Crippen molar-refractivity contribution in [2.45, 2.75) is 13.8 Å². The predicted molar refractivity (Wildman–Crippen MR) is 128 cm³/mol. The monoisotopic (exact) mass is 515 g/mol. The molecule has 3 rings (SSSR count). The highest BCUT2D eigenvalue weighted by Gasteiger charge is 2.38. The lowest BCUT2D eigenvalue weighted by atomic mass is 9.83. The van der Waals surface area contributed by atoms with Crippen LogP contribution in [0.4, 0.5) is 0 Å². The van der Waals surface area contributed by atoms with Gasteiger partial charge in [0.2, 0.25) is 0 Å². The number of allylic oxidation sites excluding steroid dienone is 1. The highest BCUT2D eigenvalue weighted by Crippen LogP contribution is 2.32. The summed E-state index contributed by atoms with van der Waals surface area (Å²) in [5.74, 6) is -3.20. The van der Waals surface area contributed by atoms with Gasteiger partial charge in [0.25, 0.3) is 0 Å². The van der Waals surface area contributed by atoms with Crippen LogP contribution in [-0.2, 0) is 23.9 Å². The van der Waals surface area contributed by atoms with Gasteiger partial charge in [-0.15, -0.1) is 0 Å². The van der Waals surface area contributed by atoms with E-state index < -0.39 is 30.4 Å². The lowest BCUT2D eigenvalue weighted by Crippen LogP contribution is -2.39. The number of nitrogens with one attached hydrogen (secondary N) is 2. The van der Waals surface area contributed by atoms with Crippen LogP contribution in [0.25, 0.3) is 0 Å². The largest absolute Gasteiger partial charge is 0.478 e. The standard InChI is InChI=1S/C25H29N3O9/c1-3-34-22(30)13-36-20-8-6-15(9-21(20)37-14-23(31)35-4-2)19(29)12-28-10-16-5-7-17(25(26)27-33)24(32)18(16)11-28/h5-10,17-18,33H,3-4,11-14H2,1-2H3,(H2,26,27). The molecule has 12 nitrogen and oxygen atoms in total. The first kappa shape index (κ1) is 27.4. The minimum absolute atomic E-state index is 0.0399. The second-order valence-corrected chi connectivity index (χ2v) is 8.15. The molecular weight excluding hydrogens is 486 g/mol. The van der Waals surface area contributed by atoms with Crippen molar-refractivity contribution >= 4 is 29.3 Å². The molecule has 1 aromatic carbocycles. The Hall–Kier alpha value is -4.19. The Labute approximate surface area is 213 Å². The number of hydrogen-bond acceptors (Lipinski definition) is 11. The zero-order chi connectivity index (χ0) is 26.9. The SMILES string of the molecule is CCOC(=O)COc1ccc(C(=O)CN2C=C3C=CC(C(=N)NO)C(=O)C3C2)cc1OCC(=O)OCC. The summed E-state index contributed by atoms with van der Waals surface area (Å²) in [6.45, 7) is 3.10. The third-order valence-electron chi connectivity index (χ3n) is 5.63. The number of carbonyl (C=O) groups excluding carboxylic acids is 4. The molecular formula is C25H29N3O9. The summed E-state index contributed by atoms with van der Waals surface area (Å²) in [5, 5.41) is 16.7. The van der Waals surface area contributed by atoms with E-state index in [1.54, 1.807) is 36.5 Å². The van der Waals surface area contributed by atoms with Crippen molar-refractivity contribution in [3.8, 4) is 11.5 Å². The summed E-state index contributed by atoms with van der Waals surface area (Å²) < 4.78 is 20.7. The Morgan fingerprint density at radius 1 is 1.08 bits per heavy atom. The van der Waals surface area contributed by atoms with Gasteiger partial charge in [-0.2, -0.15) is 0 Å². The smallest absolute Gasteiger partial charge is 0.344 e.